The van der Waals surface area contributed by atoms with Crippen molar-refractivity contribution in [1.29, 1.82) is 0 Å². The van der Waals surface area contributed by atoms with E-state index in [4.69, 9.17) is 11.6 Å². The molecule has 24 heavy (non-hydrogen) atoms. The molecule has 3 rings (SSSR count). The van der Waals surface area contributed by atoms with Gasteiger partial charge in [0.15, 0.2) is 0 Å². The van der Waals surface area contributed by atoms with Gasteiger partial charge in [0, 0.05) is 25.0 Å². The first-order valence-corrected chi connectivity index (χ1v) is 8.14. The fourth-order valence-electron chi connectivity index (χ4n) is 2.75. The Balaban J connectivity index is 1.86. The van der Waals surface area contributed by atoms with Crippen molar-refractivity contribution in [3.63, 3.8) is 0 Å². The van der Waals surface area contributed by atoms with Crippen LogP contribution in [0.2, 0.25) is 5.02 Å². The van der Waals surface area contributed by atoms with Crippen molar-refractivity contribution in [2.24, 2.45) is 0 Å². The summed E-state index contributed by atoms with van der Waals surface area (Å²) >= 11 is 6.07. The van der Waals surface area contributed by atoms with Crippen LogP contribution in [0.1, 0.15) is 23.2 Å². The third-order valence-corrected chi connectivity index (χ3v) is 4.22. The van der Waals surface area contributed by atoms with Crippen LogP contribution in [-0.4, -0.2) is 25.4 Å². The van der Waals surface area contributed by atoms with Gasteiger partial charge >= 0.3 is 0 Å². The summed E-state index contributed by atoms with van der Waals surface area (Å²) in [6, 6.07) is 14.5. The molecule has 1 saturated heterocycles. The van der Waals surface area contributed by atoms with Crippen LogP contribution in [0.3, 0.4) is 0 Å². The molecule has 2 amide bonds. The summed E-state index contributed by atoms with van der Waals surface area (Å²) in [6.07, 6.45) is 1.29. The molecule has 0 saturated carbocycles. The summed E-state index contributed by atoms with van der Waals surface area (Å²) in [4.78, 5) is 26.4. The van der Waals surface area contributed by atoms with Gasteiger partial charge in [0.1, 0.15) is 0 Å². The van der Waals surface area contributed by atoms with Gasteiger partial charge in [0.05, 0.1) is 16.9 Å². The Morgan fingerprint density at radius 2 is 1.96 bits per heavy atom. The van der Waals surface area contributed by atoms with Crippen LogP contribution in [-0.2, 0) is 4.79 Å². The molecule has 1 aliphatic heterocycles. The van der Waals surface area contributed by atoms with Gasteiger partial charge in [-0.05, 0) is 36.8 Å². The summed E-state index contributed by atoms with van der Waals surface area (Å²) in [6.45, 7) is 0.605. The molecular formula is C18H18ClN3O2. The van der Waals surface area contributed by atoms with Crippen LogP contribution >= 0.6 is 11.6 Å². The van der Waals surface area contributed by atoms with Crippen molar-refractivity contribution in [2.75, 3.05) is 23.5 Å². The Morgan fingerprint density at radius 1 is 1.21 bits per heavy atom. The third kappa shape index (κ3) is 3.36. The predicted molar refractivity (Wildman–Crippen MR) is 95.4 cm³/mol. The van der Waals surface area contributed by atoms with E-state index in [2.05, 4.69) is 5.43 Å². The Bertz CT molecular complexity index is 764. The normalized spacial score (nSPS) is 13.9. The maximum atomic E-state index is 12.7. The van der Waals surface area contributed by atoms with Crippen molar-refractivity contribution < 1.29 is 9.59 Å². The van der Waals surface area contributed by atoms with E-state index >= 15 is 0 Å². The average Bonchev–Trinajstić information content (AvgIpc) is 3.01. The van der Waals surface area contributed by atoms with Crippen molar-refractivity contribution in [2.45, 2.75) is 12.8 Å². The summed E-state index contributed by atoms with van der Waals surface area (Å²) < 4.78 is 0. The summed E-state index contributed by atoms with van der Waals surface area (Å²) in [5, 5.41) is 2.14. The fraction of sp³-hybridized carbons (Fsp3) is 0.222. The topological polar surface area (TPSA) is 52.7 Å². The molecule has 1 heterocycles. The molecule has 0 radical (unpaired) electrons. The van der Waals surface area contributed by atoms with Crippen LogP contribution in [0.25, 0.3) is 0 Å². The lowest BCUT2D eigenvalue weighted by Crippen LogP contribution is -2.40. The predicted octanol–water partition coefficient (Wildman–Crippen LogP) is 3.25. The Kier molecular flexibility index (Phi) is 4.71. The maximum Gasteiger partial charge on any atom is 0.271 e. The lowest BCUT2D eigenvalue weighted by Gasteiger charge is -2.23. The monoisotopic (exact) mass is 343 g/mol. The number of halogens is 1. The second kappa shape index (κ2) is 6.93. The first-order chi connectivity index (χ1) is 11.6. The van der Waals surface area contributed by atoms with E-state index in [0.29, 0.717) is 29.2 Å². The number of hydrogen-bond donors (Lipinski definition) is 1. The van der Waals surface area contributed by atoms with Gasteiger partial charge in [-0.25, -0.2) is 0 Å². The van der Waals surface area contributed by atoms with E-state index in [-0.39, 0.29) is 11.8 Å². The molecule has 2 aromatic carbocycles. The number of hydrogen-bond acceptors (Lipinski definition) is 3. The first-order valence-electron chi connectivity index (χ1n) is 7.76. The van der Waals surface area contributed by atoms with E-state index in [1.54, 1.807) is 35.2 Å². The van der Waals surface area contributed by atoms with Gasteiger partial charge < -0.3 is 4.90 Å². The minimum absolute atomic E-state index is 0.0164. The molecule has 0 unspecified atom stereocenters. The third-order valence-electron chi connectivity index (χ3n) is 3.98. The summed E-state index contributed by atoms with van der Waals surface area (Å²) in [5.41, 5.74) is 4.67. The zero-order chi connectivity index (χ0) is 17.1. The number of anilines is 2. The van der Waals surface area contributed by atoms with E-state index in [1.807, 2.05) is 30.3 Å². The van der Waals surface area contributed by atoms with E-state index in [9.17, 15) is 9.59 Å². The number of carbonyl (C=O) groups excluding carboxylic acids is 2. The van der Waals surface area contributed by atoms with Crippen LogP contribution in [0.4, 0.5) is 11.4 Å². The highest BCUT2D eigenvalue weighted by molar-refractivity contribution is 6.31. The number of nitrogens with one attached hydrogen (secondary N) is 1. The highest BCUT2D eigenvalue weighted by atomic mass is 35.5. The second-order valence-electron chi connectivity index (χ2n) is 5.65. The molecule has 0 aliphatic carbocycles. The molecule has 2 aromatic rings. The van der Waals surface area contributed by atoms with Crippen LogP contribution < -0.4 is 15.3 Å². The molecule has 0 atom stereocenters. The maximum absolute atomic E-state index is 12.7. The Morgan fingerprint density at radius 3 is 2.62 bits per heavy atom. The quantitative estimate of drug-likeness (QED) is 0.867. The number of carbonyl (C=O) groups is 2. The molecule has 124 valence electrons. The lowest BCUT2D eigenvalue weighted by molar-refractivity contribution is -0.117. The first kappa shape index (κ1) is 16.3. The molecule has 0 spiro atoms. The molecule has 1 aliphatic rings. The van der Waals surface area contributed by atoms with Crippen molar-refractivity contribution in [1.82, 2.24) is 5.43 Å². The fourth-order valence-corrected chi connectivity index (χ4v) is 2.92. The molecule has 1 N–H and O–H groups in total. The van der Waals surface area contributed by atoms with Gasteiger partial charge in [-0.15, -0.1) is 0 Å². The van der Waals surface area contributed by atoms with Crippen LogP contribution in [0, 0.1) is 0 Å². The van der Waals surface area contributed by atoms with E-state index < -0.39 is 0 Å². The number of nitrogens with zero attached hydrogens (tertiary/aromatic N) is 2. The van der Waals surface area contributed by atoms with Crippen LogP contribution in [0.5, 0.6) is 0 Å². The lowest BCUT2D eigenvalue weighted by atomic mass is 10.1. The average molecular weight is 344 g/mol. The van der Waals surface area contributed by atoms with Crippen LogP contribution in [0.15, 0.2) is 48.5 Å². The van der Waals surface area contributed by atoms with Crippen molar-refractivity contribution >= 4 is 34.8 Å². The number of hydrazine groups is 1. The number of rotatable bonds is 4. The Labute approximate surface area is 145 Å². The minimum atomic E-state index is -0.285. The van der Waals surface area contributed by atoms with Gasteiger partial charge in [-0.2, -0.15) is 0 Å². The standard InChI is InChI=1S/C18H18ClN3O2/c1-21(14-6-3-2-4-7-14)20-18(24)15-10-9-13(19)12-16(15)22-11-5-8-17(22)23/h2-4,6-7,9-10,12H,5,8,11H2,1H3,(H,20,24). The second-order valence-corrected chi connectivity index (χ2v) is 6.08. The smallest absolute Gasteiger partial charge is 0.271 e. The summed E-state index contributed by atoms with van der Waals surface area (Å²) in [7, 11) is 1.77. The Hall–Kier alpha value is -2.53. The van der Waals surface area contributed by atoms with Gasteiger partial charge in [0.2, 0.25) is 5.91 Å². The van der Waals surface area contributed by atoms with Gasteiger partial charge in [-0.1, -0.05) is 29.8 Å². The van der Waals surface area contributed by atoms with Crippen molar-refractivity contribution in [3.8, 4) is 0 Å². The zero-order valence-electron chi connectivity index (χ0n) is 13.3. The zero-order valence-corrected chi connectivity index (χ0v) is 14.1. The summed E-state index contributed by atoms with van der Waals surface area (Å²) in [5.74, 6) is -0.268. The minimum Gasteiger partial charge on any atom is -0.312 e. The largest absolute Gasteiger partial charge is 0.312 e. The van der Waals surface area contributed by atoms with Gasteiger partial charge in [-0.3, -0.25) is 20.0 Å². The molecule has 6 heteroatoms. The molecule has 0 aromatic heterocycles. The highest BCUT2D eigenvalue weighted by Crippen LogP contribution is 2.28. The number of benzene rings is 2. The number of para-hydroxylation sites is 1. The highest BCUT2D eigenvalue weighted by Gasteiger charge is 2.26. The molecule has 5 nitrogen and oxygen atoms in total. The molecule has 1 fully saturated rings. The molecular weight excluding hydrogens is 326 g/mol. The number of amides is 2. The molecule has 0 bridgehead atoms. The van der Waals surface area contributed by atoms with E-state index in [0.717, 1.165) is 12.1 Å². The van der Waals surface area contributed by atoms with Crippen molar-refractivity contribution in [3.05, 3.63) is 59.1 Å². The van der Waals surface area contributed by atoms with Gasteiger partial charge in [0.25, 0.3) is 5.91 Å². The van der Waals surface area contributed by atoms with E-state index in [1.165, 1.54) is 0 Å². The SMILES string of the molecule is CN(NC(=O)c1ccc(Cl)cc1N1CCCC1=O)c1ccccc1.